The van der Waals surface area contributed by atoms with Crippen LogP contribution in [-0.4, -0.2) is 42.0 Å². The molecule has 0 rings (SSSR count). The summed E-state index contributed by atoms with van der Waals surface area (Å²) in [6, 6.07) is 0. The SMILES string of the molecule is CCCCCCCCC/C=C/C=C/C=C/C=C/C=C/C(=O)O.CN(C)C(N)=NC(=N)N. The molecule has 0 fully saturated rings. The molecule has 0 aliphatic heterocycles. The van der Waals surface area contributed by atoms with Gasteiger partial charge in [0, 0.05) is 20.2 Å². The van der Waals surface area contributed by atoms with Gasteiger partial charge in [-0.25, -0.2) is 4.79 Å². The standard InChI is InChI=1S/C20H30O2.C4H11N5/c1-2-3-4-5-6-7-8-9-10-11-12-13-14-15-16-17-18-19-20(21)22;1-9(2)4(7)8-3(5)6/h10-19H,2-9H2,1H3,(H,21,22);1-2H3,(H5,5,6,7,8)/b11-10+,13-12+,15-14+,17-16+,19-18+;. The highest BCUT2D eigenvalue weighted by atomic mass is 16.4. The molecular weight excluding hydrogens is 390 g/mol. The van der Waals surface area contributed by atoms with Crippen molar-refractivity contribution in [1.29, 1.82) is 5.41 Å². The van der Waals surface area contributed by atoms with Gasteiger partial charge in [0.2, 0.25) is 5.96 Å². The molecule has 0 radical (unpaired) electrons. The summed E-state index contributed by atoms with van der Waals surface area (Å²) < 4.78 is 0. The number of nitrogens with zero attached hydrogens (tertiary/aromatic N) is 2. The molecule has 0 atom stereocenters. The highest BCUT2D eigenvalue weighted by Crippen LogP contribution is 2.08. The predicted octanol–water partition coefficient (Wildman–Crippen LogP) is 4.75. The molecule has 0 aromatic rings. The second kappa shape index (κ2) is 23.2. The van der Waals surface area contributed by atoms with E-state index in [1.54, 1.807) is 31.1 Å². The number of nitrogens with one attached hydrogen (secondary N) is 1. The van der Waals surface area contributed by atoms with E-state index >= 15 is 0 Å². The average molecular weight is 432 g/mol. The molecule has 0 saturated carbocycles. The van der Waals surface area contributed by atoms with Crippen LogP contribution >= 0.6 is 0 Å². The Morgan fingerprint density at radius 3 is 1.81 bits per heavy atom. The predicted molar refractivity (Wildman–Crippen MR) is 133 cm³/mol. The molecule has 0 heterocycles. The number of allylic oxidation sites excluding steroid dienone is 9. The van der Waals surface area contributed by atoms with Crippen LogP contribution in [0.15, 0.2) is 65.8 Å². The molecule has 0 saturated heterocycles. The van der Waals surface area contributed by atoms with Gasteiger partial charge in [0.15, 0.2) is 5.96 Å². The largest absolute Gasteiger partial charge is 0.478 e. The van der Waals surface area contributed by atoms with Crippen LogP contribution in [0.5, 0.6) is 0 Å². The van der Waals surface area contributed by atoms with Gasteiger partial charge in [-0.1, -0.05) is 100 Å². The zero-order valence-electron chi connectivity index (χ0n) is 19.3. The van der Waals surface area contributed by atoms with E-state index in [1.165, 1.54) is 51.0 Å². The van der Waals surface area contributed by atoms with Gasteiger partial charge < -0.3 is 21.5 Å². The summed E-state index contributed by atoms with van der Waals surface area (Å²) in [6.07, 6.45) is 28.8. The fraction of sp³-hybridized carbons (Fsp3) is 0.458. The van der Waals surface area contributed by atoms with Gasteiger partial charge in [0.1, 0.15) is 0 Å². The number of carboxylic acid groups (broad SMARTS) is 1. The molecule has 174 valence electrons. The fourth-order valence-electron chi connectivity index (χ4n) is 2.14. The van der Waals surface area contributed by atoms with Gasteiger partial charge in [0.25, 0.3) is 0 Å². The van der Waals surface area contributed by atoms with E-state index in [2.05, 4.69) is 24.1 Å². The summed E-state index contributed by atoms with van der Waals surface area (Å²) in [5.74, 6) is -0.969. The first-order valence-corrected chi connectivity index (χ1v) is 10.7. The van der Waals surface area contributed by atoms with E-state index in [0.29, 0.717) is 0 Å². The molecule has 0 amide bonds. The summed E-state index contributed by atoms with van der Waals surface area (Å²) >= 11 is 0. The maximum Gasteiger partial charge on any atom is 0.328 e. The number of nitrogens with two attached hydrogens (primary N) is 2. The third-order valence-electron chi connectivity index (χ3n) is 3.82. The normalized spacial score (nSPS) is 12.3. The van der Waals surface area contributed by atoms with Crippen molar-refractivity contribution in [1.82, 2.24) is 4.90 Å². The van der Waals surface area contributed by atoms with Crippen molar-refractivity contribution < 1.29 is 9.90 Å². The molecule has 7 heteroatoms. The van der Waals surface area contributed by atoms with Gasteiger partial charge >= 0.3 is 5.97 Å². The van der Waals surface area contributed by atoms with Crippen molar-refractivity contribution >= 4 is 17.9 Å². The highest BCUT2D eigenvalue weighted by Gasteiger charge is 1.92. The number of aliphatic carboxylic acids is 1. The highest BCUT2D eigenvalue weighted by molar-refractivity contribution is 5.91. The molecule has 0 aliphatic carbocycles. The van der Waals surface area contributed by atoms with Gasteiger partial charge in [-0.15, -0.1) is 0 Å². The van der Waals surface area contributed by atoms with Crippen LogP contribution in [0.4, 0.5) is 0 Å². The minimum Gasteiger partial charge on any atom is -0.478 e. The van der Waals surface area contributed by atoms with E-state index in [4.69, 9.17) is 22.0 Å². The third kappa shape index (κ3) is 29.2. The molecular formula is C24H41N5O2. The number of carbonyl (C=O) groups is 1. The maximum atomic E-state index is 10.2. The molecule has 0 bridgehead atoms. The van der Waals surface area contributed by atoms with E-state index in [0.717, 1.165) is 12.5 Å². The number of guanidine groups is 2. The summed E-state index contributed by atoms with van der Waals surface area (Å²) in [7, 11) is 3.45. The van der Waals surface area contributed by atoms with Crippen molar-refractivity contribution in [2.45, 2.75) is 58.3 Å². The Balaban J connectivity index is 0. The van der Waals surface area contributed by atoms with Crippen LogP contribution in [0.3, 0.4) is 0 Å². The Bertz CT molecular complexity index is 644. The zero-order chi connectivity index (χ0) is 23.7. The quantitative estimate of drug-likeness (QED) is 0.110. The van der Waals surface area contributed by atoms with Crippen LogP contribution in [0.1, 0.15) is 58.3 Å². The Kier molecular flexibility index (Phi) is 22.5. The lowest BCUT2D eigenvalue weighted by molar-refractivity contribution is -0.131. The number of carboxylic acids is 1. The monoisotopic (exact) mass is 431 g/mol. The van der Waals surface area contributed by atoms with Crippen molar-refractivity contribution in [2.24, 2.45) is 16.5 Å². The molecule has 0 aromatic heterocycles. The second-order valence-electron chi connectivity index (χ2n) is 6.94. The number of unbranched alkanes of at least 4 members (excludes halogenated alkanes) is 7. The smallest absolute Gasteiger partial charge is 0.328 e. The molecule has 0 unspecified atom stereocenters. The van der Waals surface area contributed by atoms with E-state index in [1.807, 2.05) is 24.3 Å². The first-order chi connectivity index (χ1) is 14.8. The summed E-state index contributed by atoms with van der Waals surface area (Å²) in [5, 5.41) is 15.1. The molecule has 0 spiro atoms. The Labute approximate surface area is 188 Å². The van der Waals surface area contributed by atoms with Crippen LogP contribution in [0.2, 0.25) is 0 Å². The fourth-order valence-corrected chi connectivity index (χ4v) is 2.14. The lowest BCUT2D eigenvalue weighted by atomic mass is 10.1. The van der Waals surface area contributed by atoms with Crippen molar-refractivity contribution in [2.75, 3.05) is 14.1 Å². The van der Waals surface area contributed by atoms with E-state index in [9.17, 15) is 4.79 Å². The van der Waals surface area contributed by atoms with Gasteiger partial charge in [0.05, 0.1) is 0 Å². The van der Waals surface area contributed by atoms with E-state index in [-0.39, 0.29) is 11.9 Å². The first-order valence-electron chi connectivity index (χ1n) is 10.7. The Morgan fingerprint density at radius 2 is 1.35 bits per heavy atom. The lowest BCUT2D eigenvalue weighted by Gasteiger charge is -2.08. The van der Waals surface area contributed by atoms with Crippen LogP contribution in [0, 0.1) is 5.41 Å². The number of rotatable bonds is 13. The summed E-state index contributed by atoms with van der Waals surface area (Å²) in [5.41, 5.74) is 10.2. The molecule has 0 aliphatic rings. The topological polar surface area (TPSA) is 129 Å². The lowest BCUT2D eigenvalue weighted by Crippen LogP contribution is -2.32. The average Bonchev–Trinajstić information content (AvgIpc) is 2.70. The summed E-state index contributed by atoms with van der Waals surface area (Å²) in [6.45, 7) is 2.25. The number of hydrogen-bond acceptors (Lipinski definition) is 2. The van der Waals surface area contributed by atoms with Gasteiger partial charge in [-0.3, -0.25) is 5.41 Å². The summed E-state index contributed by atoms with van der Waals surface area (Å²) in [4.78, 5) is 15.2. The van der Waals surface area contributed by atoms with Crippen molar-refractivity contribution in [3.8, 4) is 0 Å². The second-order valence-corrected chi connectivity index (χ2v) is 6.94. The van der Waals surface area contributed by atoms with Crippen LogP contribution < -0.4 is 11.5 Å². The van der Waals surface area contributed by atoms with Crippen LogP contribution in [0.25, 0.3) is 0 Å². The number of hydrogen-bond donors (Lipinski definition) is 4. The number of aliphatic imine (C=N–C) groups is 1. The third-order valence-corrected chi connectivity index (χ3v) is 3.82. The molecule has 6 N–H and O–H groups in total. The molecule has 0 aromatic carbocycles. The maximum absolute atomic E-state index is 10.2. The minimum atomic E-state index is -0.931. The van der Waals surface area contributed by atoms with E-state index < -0.39 is 5.97 Å². The molecule has 31 heavy (non-hydrogen) atoms. The van der Waals surface area contributed by atoms with Gasteiger partial charge in [-0.05, 0) is 12.8 Å². The first kappa shape index (κ1) is 30.1. The minimum absolute atomic E-state index is 0.238. The molecule has 7 nitrogen and oxygen atoms in total. The zero-order valence-corrected chi connectivity index (χ0v) is 19.3. The van der Waals surface area contributed by atoms with Gasteiger partial charge in [-0.2, -0.15) is 4.99 Å². The van der Waals surface area contributed by atoms with Crippen molar-refractivity contribution in [3.05, 3.63) is 60.8 Å². The van der Waals surface area contributed by atoms with Crippen molar-refractivity contribution in [3.63, 3.8) is 0 Å². The Morgan fingerprint density at radius 1 is 0.871 bits per heavy atom. The Hall–Kier alpha value is -3.09. The van der Waals surface area contributed by atoms with Crippen LogP contribution in [-0.2, 0) is 4.79 Å².